The maximum atomic E-state index is 9.98. The predicted molar refractivity (Wildman–Crippen MR) is 116 cm³/mol. The summed E-state index contributed by atoms with van der Waals surface area (Å²) in [6.45, 7) is 6.35. The first-order valence-electron chi connectivity index (χ1n) is 8.89. The molecule has 0 amide bonds. The van der Waals surface area contributed by atoms with Crippen molar-refractivity contribution >= 4 is 22.2 Å². The molecule has 0 bridgehead atoms. The fraction of sp³-hybridized carbons (Fsp3) is 0.429. The topological polar surface area (TPSA) is 66.7 Å². The summed E-state index contributed by atoms with van der Waals surface area (Å²) in [6.07, 6.45) is 14.1. The SMILES string of the molecule is C#CC.CO/C1=C/CN=C(c2csc(NC(C)C)n2)C/C=C(/O)C/C=C\C1. The zero-order chi connectivity index (χ0) is 20.1. The minimum Gasteiger partial charge on any atom is -0.512 e. The number of aliphatic hydroxyl groups excluding tert-OH is 1. The van der Waals surface area contributed by atoms with Crippen LogP contribution in [0.15, 0.2) is 46.2 Å². The Morgan fingerprint density at radius 1 is 1.26 bits per heavy atom. The summed E-state index contributed by atoms with van der Waals surface area (Å²) in [4.78, 5) is 9.26. The number of hydrogen-bond donors (Lipinski definition) is 2. The van der Waals surface area contributed by atoms with Gasteiger partial charge in [-0.1, -0.05) is 12.2 Å². The Bertz CT molecular complexity index is 737. The second kappa shape index (κ2) is 12.8. The van der Waals surface area contributed by atoms with E-state index in [9.17, 15) is 5.11 Å². The fourth-order valence-electron chi connectivity index (χ4n) is 2.18. The summed E-state index contributed by atoms with van der Waals surface area (Å²) in [7, 11) is 1.66. The van der Waals surface area contributed by atoms with Gasteiger partial charge in [-0.2, -0.15) is 0 Å². The second-order valence-corrected chi connectivity index (χ2v) is 6.92. The lowest BCUT2D eigenvalue weighted by molar-refractivity contribution is 0.283. The molecule has 2 heterocycles. The third-order valence-corrected chi connectivity index (χ3v) is 4.19. The zero-order valence-electron chi connectivity index (χ0n) is 16.5. The van der Waals surface area contributed by atoms with E-state index in [2.05, 4.69) is 41.5 Å². The van der Waals surface area contributed by atoms with Gasteiger partial charge in [-0.3, -0.25) is 4.99 Å². The zero-order valence-corrected chi connectivity index (χ0v) is 17.3. The van der Waals surface area contributed by atoms with Gasteiger partial charge in [-0.15, -0.1) is 23.7 Å². The van der Waals surface area contributed by atoms with Gasteiger partial charge in [-0.05, 0) is 32.9 Å². The fourth-order valence-corrected chi connectivity index (χ4v) is 3.05. The number of anilines is 1. The highest BCUT2D eigenvalue weighted by molar-refractivity contribution is 7.13. The highest BCUT2D eigenvalue weighted by Gasteiger charge is 2.09. The summed E-state index contributed by atoms with van der Waals surface area (Å²) in [5.74, 6) is 3.47. The molecule has 0 unspecified atom stereocenters. The van der Waals surface area contributed by atoms with E-state index >= 15 is 0 Å². The number of nitrogens with zero attached hydrogens (tertiary/aromatic N) is 2. The minimum absolute atomic E-state index is 0.338. The van der Waals surface area contributed by atoms with Gasteiger partial charge in [0.25, 0.3) is 0 Å². The van der Waals surface area contributed by atoms with E-state index in [1.54, 1.807) is 31.4 Å². The maximum Gasteiger partial charge on any atom is 0.183 e. The molecule has 1 aromatic heterocycles. The Morgan fingerprint density at radius 3 is 2.63 bits per heavy atom. The van der Waals surface area contributed by atoms with Gasteiger partial charge in [0.1, 0.15) is 0 Å². The molecule has 2 rings (SSSR count). The molecule has 1 aromatic rings. The number of nitrogens with one attached hydrogen (secondary N) is 1. The highest BCUT2D eigenvalue weighted by atomic mass is 32.1. The molecule has 5 nitrogen and oxygen atoms in total. The van der Waals surface area contributed by atoms with Crippen LogP contribution in [0.25, 0.3) is 0 Å². The molecule has 1 aliphatic rings. The van der Waals surface area contributed by atoms with Gasteiger partial charge in [0.05, 0.1) is 36.6 Å². The van der Waals surface area contributed by atoms with Crippen molar-refractivity contribution < 1.29 is 9.84 Å². The number of aromatic nitrogens is 1. The van der Waals surface area contributed by atoms with Gasteiger partial charge < -0.3 is 15.2 Å². The van der Waals surface area contributed by atoms with Crippen LogP contribution in [0, 0.1) is 12.3 Å². The average Bonchev–Trinajstić information content (AvgIpc) is 3.06. The molecule has 0 radical (unpaired) electrons. The van der Waals surface area contributed by atoms with E-state index in [1.807, 2.05) is 23.6 Å². The van der Waals surface area contributed by atoms with Gasteiger partial charge >= 0.3 is 0 Å². The molecule has 0 saturated heterocycles. The molecule has 0 aromatic carbocycles. The number of methoxy groups -OCH3 is 1. The largest absolute Gasteiger partial charge is 0.512 e. The van der Waals surface area contributed by atoms with Crippen LogP contribution in [-0.2, 0) is 4.74 Å². The van der Waals surface area contributed by atoms with Crippen LogP contribution in [0.3, 0.4) is 0 Å². The van der Waals surface area contributed by atoms with Crippen molar-refractivity contribution in [3.63, 3.8) is 0 Å². The van der Waals surface area contributed by atoms with Crippen LogP contribution in [0.4, 0.5) is 5.13 Å². The Labute approximate surface area is 166 Å². The molecule has 2 N–H and O–H groups in total. The molecule has 6 heteroatoms. The summed E-state index contributed by atoms with van der Waals surface area (Å²) >= 11 is 1.57. The summed E-state index contributed by atoms with van der Waals surface area (Å²) < 4.78 is 5.35. The van der Waals surface area contributed by atoms with Crippen LogP contribution in [-0.4, -0.2) is 35.5 Å². The van der Waals surface area contributed by atoms with E-state index in [0.29, 0.717) is 37.6 Å². The van der Waals surface area contributed by atoms with E-state index in [-0.39, 0.29) is 0 Å². The van der Waals surface area contributed by atoms with Crippen LogP contribution in [0.2, 0.25) is 0 Å². The number of hydrogen-bond acceptors (Lipinski definition) is 6. The van der Waals surface area contributed by atoms with Crippen LogP contribution < -0.4 is 5.32 Å². The molecule has 0 atom stereocenters. The Morgan fingerprint density at radius 2 is 1.96 bits per heavy atom. The summed E-state index contributed by atoms with van der Waals surface area (Å²) in [5.41, 5.74) is 1.72. The molecular formula is C21H29N3O2S. The van der Waals surface area contributed by atoms with E-state index in [4.69, 9.17) is 4.74 Å². The molecule has 0 aliphatic carbocycles. The lowest BCUT2D eigenvalue weighted by Gasteiger charge is -2.06. The first-order valence-corrected chi connectivity index (χ1v) is 9.77. The first kappa shape index (κ1) is 22.5. The summed E-state index contributed by atoms with van der Waals surface area (Å²) in [6, 6.07) is 0.338. The Hall–Kier alpha value is -2.52. The molecular weight excluding hydrogens is 358 g/mol. The van der Waals surface area contributed by atoms with Crippen LogP contribution in [0.1, 0.15) is 45.7 Å². The summed E-state index contributed by atoms with van der Waals surface area (Å²) in [5, 5.41) is 16.2. The minimum atomic E-state index is 0.338. The Kier molecular flexibility index (Phi) is 10.7. The quantitative estimate of drug-likeness (QED) is 0.557. The lowest BCUT2D eigenvalue weighted by Crippen LogP contribution is -2.10. The number of allylic oxidation sites excluding steroid dienone is 3. The molecule has 1 aliphatic heterocycles. The molecule has 146 valence electrons. The molecule has 0 saturated carbocycles. The first-order chi connectivity index (χ1) is 13.0. The van der Waals surface area contributed by atoms with Gasteiger partial charge in [0.2, 0.25) is 0 Å². The third-order valence-electron chi connectivity index (χ3n) is 3.42. The number of ether oxygens (including phenoxy) is 1. The van der Waals surface area contributed by atoms with Crippen LogP contribution >= 0.6 is 11.3 Å². The van der Waals surface area contributed by atoms with Crippen molar-refractivity contribution in [3.05, 3.63) is 46.9 Å². The van der Waals surface area contributed by atoms with Crippen molar-refractivity contribution in [1.82, 2.24) is 4.98 Å². The Balaban J connectivity index is 0.00000114. The van der Waals surface area contributed by atoms with Crippen molar-refractivity contribution in [1.29, 1.82) is 0 Å². The lowest BCUT2D eigenvalue weighted by atomic mass is 10.1. The third kappa shape index (κ3) is 9.11. The number of thiazole rings is 1. The second-order valence-electron chi connectivity index (χ2n) is 6.07. The molecule has 27 heavy (non-hydrogen) atoms. The molecule has 0 fully saturated rings. The van der Waals surface area contributed by atoms with E-state index < -0.39 is 0 Å². The normalized spacial score (nSPS) is 20.1. The standard InChI is InChI=1S/C18H25N3O2S.C3H4/c1-13(2)20-18-21-17(12-24-18)16-9-8-14(22)6-4-5-7-15(23-3)10-11-19-16;1-3-2/h4-5,8,10,12-13,22H,6-7,9,11H2,1-3H3,(H,20,21);1H,2H3/b5-4-,14-8+,15-10+,19-16?;. The number of terminal acetylenes is 1. The van der Waals surface area contributed by atoms with Crippen molar-refractivity contribution in [2.75, 3.05) is 19.0 Å². The monoisotopic (exact) mass is 387 g/mol. The highest BCUT2D eigenvalue weighted by Crippen LogP contribution is 2.19. The number of rotatable bonds is 4. The smallest absolute Gasteiger partial charge is 0.183 e. The number of aliphatic imine (C=N–C) groups is 1. The van der Waals surface area contributed by atoms with Gasteiger partial charge in [0, 0.05) is 30.7 Å². The van der Waals surface area contributed by atoms with E-state index in [0.717, 1.165) is 22.3 Å². The van der Waals surface area contributed by atoms with Crippen molar-refractivity contribution in [2.24, 2.45) is 4.99 Å². The predicted octanol–water partition coefficient (Wildman–Crippen LogP) is 5.10. The number of aliphatic hydroxyl groups is 1. The molecule has 0 spiro atoms. The van der Waals surface area contributed by atoms with Crippen LogP contribution in [0.5, 0.6) is 0 Å². The van der Waals surface area contributed by atoms with Gasteiger partial charge in [-0.25, -0.2) is 4.98 Å². The van der Waals surface area contributed by atoms with Crippen molar-refractivity contribution in [2.45, 2.75) is 46.1 Å². The van der Waals surface area contributed by atoms with Crippen molar-refractivity contribution in [3.8, 4) is 12.3 Å². The van der Waals surface area contributed by atoms with Gasteiger partial charge in [0.15, 0.2) is 5.13 Å². The van der Waals surface area contributed by atoms with E-state index in [1.165, 1.54) is 0 Å². The maximum absolute atomic E-state index is 9.98. The average molecular weight is 388 g/mol.